The molecule has 0 bridgehead atoms. The highest BCUT2D eigenvalue weighted by Crippen LogP contribution is 2.36. The number of amides is 1. The fourth-order valence-corrected chi connectivity index (χ4v) is 7.73. The summed E-state index contributed by atoms with van der Waals surface area (Å²) in [4.78, 5) is 27.2. The van der Waals surface area contributed by atoms with Gasteiger partial charge in [0, 0.05) is 5.69 Å². The van der Waals surface area contributed by atoms with Crippen LogP contribution in [-0.2, 0) is 14.3 Å². The lowest BCUT2D eigenvalue weighted by molar-refractivity contribution is -0.144. The summed E-state index contributed by atoms with van der Waals surface area (Å²) in [6, 6.07) is 31.5. The van der Waals surface area contributed by atoms with Crippen LogP contribution in [0.1, 0.15) is 42.1 Å². The Morgan fingerprint density at radius 1 is 0.756 bits per heavy atom. The third-order valence-corrected chi connectivity index (χ3v) is 9.69. The lowest BCUT2D eigenvalue weighted by Crippen LogP contribution is -2.48. The second-order valence-corrected chi connectivity index (χ2v) is 12.9. The van der Waals surface area contributed by atoms with Crippen molar-refractivity contribution in [3.8, 4) is 0 Å². The molecule has 0 aliphatic carbocycles. The van der Waals surface area contributed by atoms with E-state index in [4.69, 9.17) is 4.74 Å². The first-order valence-corrected chi connectivity index (χ1v) is 15.3. The summed E-state index contributed by atoms with van der Waals surface area (Å²) in [6.07, 6.45) is 0. The number of carbonyl (C=O) groups excluding carboxylic acids is 2. The van der Waals surface area contributed by atoms with Gasteiger partial charge in [0.05, 0.1) is 7.11 Å². The highest BCUT2D eigenvalue weighted by atomic mass is 31.1. The molecule has 41 heavy (non-hydrogen) atoms. The van der Waals surface area contributed by atoms with Crippen LogP contribution >= 0.6 is 7.92 Å². The van der Waals surface area contributed by atoms with Crippen LogP contribution in [0.2, 0.25) is 0 Å². The van der Waals surface area contributed by atoms with Gasteiger partial charge in [0.25, 0.3) is 0 Å². The number of anilines is 1. The van der Waals surface area contributed by atoms with E-state index >= 15 is 0 Å². The zero-order valence-corrected chi connectivity index (χ0v) is 25.5. The largest absolute Gasteiger partial charge is 0.468 e. The first-order chi connectivity index (χ1) is 19.7. The summed E-state index contributed by atoms with van der Waals surface area (Å²) in [5.41, 5.74) is 4.75. The van der Waals surface area contributed by atoms with Crippen molar-refractivity contribution in [1.82, 2.24) is 5.32 Å². The predicted octanol–water partition coefficient (Wildman–Crippen LogP) is 5.84. The van der Waals surface area contributed by atoms with Crippen LogP contribution in [0, 0.1) is 26.7 Å². The van der Waals surface area contributed by atoms with E-state index in [1.807, 2.05) is 89.2 Å². The Kier molecular flexibility index (Phi) is 10.1. The van der Waals surface area contributed by atoms with E-state index in [9.17, 15) is 9.59 Å². The van der Waals surface area contributed by atoms with E-state index in [0.29, 0.717) is 0 Å². The number of esters is 1. The fourth-order valence-electron chi connectivity index (χ4n) is 5.24. The Morgan fingerprint density at radius 2 is 1.27 bits per heavy atom. The number of carbonyl (C=O) groups is 2. The Labute approximate surface area is 245 Å². The zero-order chi connectivity index (χ0) is 29.5. The SMILES string of the molecule is COC(=O)[C@@H](N[C@H](C(=O)Nc1c(C)cc(C)cc1C)c1ccccc1P(c1ccccc1)c1ccccc1)C(C)C. The van der Waals surface area contributed by atoms with Crippen molar-refractivity contribution in [2.75, 3.05) is 12.4 Å². The lowest BCUT2D eigenvalue weighted by Gasteiger charge is -2.30. The predicted molar refractivity (Wildman–Crippen MR) is 171 cm³/mol. The highest BCUT2D eigenvalue weighted by molar-refractivity contribution is 7.79. The minimum atomic E-state index is -0.995. The molecule has 0 aromatic heterocycles. The molecule has 4 rings (SSSR count). The van der Waals surface area contributed by atoms with Crippen LogP contribution < -0.4 is 26.5 Å². The second-order valence-electron chi connectivity index (χ2n) is 10.7. The summed E-state index contributed by atoms with van der Waals surface area (Å²) >= 11 is 0. The molecule has 0 radical (unpaired) electrons. The van der Waals surface area contributed by atoms with Gasteiger partial charge >= 0.3 is 5.97 Å². The van der Waals surface area contributed by atoms with E-state index in [1.54, 1.807) is 0 Å². The standard InChI is InChI=1S/C35H39N2O3P/c1-23(2)31(35(39)40-6)36-33(34(38)37-32-25(4)21-24(3)22-26(32)5)29-19-13-14-20-30(29)41(27-15-9-7-10-16-27)28-17-11-8-12-18-28/h7-23,31,33,36H,1-6H3,(H,37,38)/t31-,33-/m0/s1. The van der Waals surface area contributed by atoms with E-state index in [1.165, 1.54) is 17.7 Å². The molecule has 4 aromatic carbocycles. The van der Waals surface area contributed by atoms with E-state index in [2.05, 4.69) is 53.1 Å². The molecule has 0 aliphatic rings. The summed E-state index contributed by atoms with van der Waals surface area (Å²) in [6.45, 7) is 9.95. The van der Waals surface area contributed by atoms with Gasteiger partial charge in [-0.2, -0.15) is 0 Å². The molecular formula is C35H39N2O3P. The average molecular weight is 567 g/mol. The Bertz CT molecular complexity index is 1430. The van der Waals surface area contributed by atoms with Crippen molar-refractivity contribution in [2.45, 2.75) is 46.7 Å². The molecule has 0 spiro atoms. The minimum absolute atomic E-state index is 0.0995. The van der Waals surface area contributed by atoms with Crippen LogP contribution in [0.3, 0.4) is 0 Å². The number of benzene rings is 4. The van der Waals surface area contributed by atoms with Gasteiger partial charge in [-0.25, -0.2) is 0 Å². The van der Waals surface area contributed by atoms with Gasteiger partial charge in [0.2, 0.25) is 5.91 Å². The maximum absolute atomic E-state index is 14.3. The molecule has 212 valence electrons. The van der Waals surface area contributed by atoms with Crippen LogP contribution in [0.5, 0.6) is 0 Å². The number of nitrogens with one attached hydrogen (secondary N) is 2. The first kappa shape index (κ1) is 30.2. The Morgan fingerprint density at radius 3 is 1.78 bits per heavy atom. The normalized spacial score (nSPS) is 12.7. The monoisotopic (exact) mass is 566 g/mol. The minimum Gasteiger partial charge on any atom is -0.468 e. The van der Waals surface area contributed by atoms with Crippen molar-refractivity contribution in [2.24, 2.45) is 5.92 Å². The molecule has 0 heterocycles. The van der Waals surface area contributed by atoms with E-state index < -0.39 is 26.0 Å². The van der Waals surface area contributed by atoms with Crippen molar-refractivity contribution in [3.05, 3.63) is 119 Å². The van der Waals surface area contributed by atoms with E-state index in [0.717, 1.165) is 33.2 Å². The number of hydrogen-bond donors (Lipinski definition) is 2. The van der Waals surface area contributed by atoms with Gasteiger partial charge in [0.1, 0.15) is 12.1 Å². The number of rotatable bonds is 10. The molecule has 0 unspecified atom stereocenters. The molecular weight excluding hydrogens is 527 g/mol. The third-order valence-electron chi connectivity index (χ3n) is 7.17. The van der Waals surface area contributed by atoms with Crippen LogP contribution in [0.15, 0.2) is 97.1 Å². The third kappa shape index (κ3) is 7.11. The number of aryl methyl sites for hydroxylation is 3. The summed E-state index contributed by atoms with van der Waals surface area (Å²) in [7, 11) is 0.385. The molecule has 2 N–H and O–H groups in total. The van der Waals surface area contributed by atoms with Gasteiger partial charge in [-0.15, -0.1) is 0 Å². The number of methoxy groups -OCH3 is 1. The summed E-state index contributed by atoms with van der Waals surface area (Å²) in [5.74, 6) is -0.720. The quantitative estimate of drug-likeness (QED) is 0.187. The summed E-state index contributed by atoms with van der Waals surface area (Å²) in [5, 5.41) is 10.0. The van der Waals surface area contributed by atoms with Gasteiger partial charge in [-0.05, 0) is 67.2 Å². The number of ether oxygens (including phenoxy) is 1. The topological polar surface area (TPSA) is 67.4 Å². The van der Waals surface area contributed by atoms with E-state index in [-0.39, 0.29) is 11.8 Å². The molecule has 6 heteroatoms. The fraction of sp³-hybridized carbons (Fsp3) is 0.257. The van der Waals surface area contributed by atoms with Gasteiger partial charge in [-0.3, -0.25) is 14.9 Å². The lowest BCUT2D eigenvalue weighted by atomic mass is 9.99. The highest BCUT2D eigenvalue weighted by Gasteiger charge is 2.33. The molecule has 0 aliphatic heterocycles. The number of hydrogen-bond acceptors (Lipinski definition) is 4. The van der Waals surface area contributed by atoms with Crippen molar-refractivity contribution < 1.29 is 14.3 Å². The van der Waals surface area contributed by atoms with Crippen LogP contribution in [0.25, 0.3) is 0 Å². The summed E-state index contributed by atoms with van der Waals surface area (Å²) < 4.78 is 5.15. The van der Waals surface area contributed by atoms with Crippen molar-refractivity contribution >= 4 is 41.4 Å². The first-order valence-electron chi connectivity index (χ1n) is 13.9. The van der Waals surface area contributed by atoms with Gasteiger partial charge < -0.3 is 10.1 Å². The Balaban J connectivity index is 1.88. The molecule has 0 fully saturated rings. The van der Waals surface area contributed by atoms with Gasteiger partial charge in [-0.1, -0.05) is 116 Å². The van der Waals surface area contributed by atoms with Gasteiger partial charge in [0.15, 0.2) is 0 Å². The zero-order valence-electron chi connectivity index (χ0n) is 24.6. The molecule has 1 amide bonds. The smallest absolute Gasteiger partial charge is 0.323 e. The van der Waals surface area contributed by atoms with Crippen LogP contribution in [0.4, 0.5) is 5.69 Å². The molecule has 5 nitrogen and oxygen atoms in total. The van der Waals surface area contributed by atoms with Crippen LogP contribution in [-0.4, -0.2) is 25.0 Å². The molecule has 0 saturated carbocycles. The molecule has 0 saturated heterocycles. The average Bonchev–Trinajstić information content (AvgIpc) is 2.96. The van der Waals surface area contributed by atoms with Crippen molar-refractivity contribution in [3.63, 3.8) is 0 Å². The maximum Gasteiger partial charge on any atom is 0.323 e. The molecule has 2 atom stereocenters. The second kappa shape index (κ2) is 13.7. The van der Waals surface area contributed by atoms with Crippen molar-refractivity contribution in [1.29, 1.82) is 0 Å². The maximum atomic E-state index is 14.3. The Hall–Kier alpha value is -3.79. The molecule has 4 aromatic rings.